The molecule has 0 radical (unpaired) electrons. The lowest BCUT2D eigenvalue weighted by Gasteiger charge is -2.14. The van der Waals surface area contributed by atoms with E-state index in [9.17, 15) is 0 Å². The Labute approximate surface area is 109 Å². The first-order chi connectivity index (χ1) is 8.74. The van der Waals surface area contributed by atoms with Crippen LogP contribution >= 0.6 is 0 Å². The molecule has 0 aliphatic rings. The molecule has 1 heterocycles. The lowest BCUT2D eigenvalue weighted by Crippen LogP contribution is -2.15. The van der Waals surface area contributed by atoms with Gasteiger partial charge < -0.3 is 9.88 Å². The summed E-state index contributed by atoms with van der Waals surface area (Å²) in [4.78, 5) is 4.35. The van der Waals surface area contributed by atoms with Gasteiger partial charge in [0.25, 0.3) is 0 Å². The van der Waals surface area contributed by atoms with E-state index < -0.39 is 0 Å². The molecule has 2 rings (SSSR count). The van der Waals surface area contributed by atoms with E-state index >= 15 is 0 Å². The molecule has 1 N–H and O–H groups in total. The van der Waals surface area contributed by atoms with Crippen molar-refractivity contribution >= 4 is 0 Å². The summed E-state index contributed by atoms with van der Waals surface area (Å²) < 4.78 is 2.07. The fourth-order valence-electron chi connectivity index (χ4n) is 2.22. The minimum absolute atomic E-state index is 0.451. The average molecular weight is 243 g/mol. The smallest absolute Gasteiger partial charge is 0.112 e. The van der Waals surface area contributed by atoms with E-state index in [2.05, 4.69) is 46.1 Å². The van der Waals surface area contributed by atoms with Crippen molar-refractivity contribution in [2.45, 2.75) is 25.8 Å². The summed E-state index contributed by atoms with van der Waals surface area (Å²) >= 11 is 0. The summed E-state index contributed by atoms with van der Waals surface area (Å²) in [6.45, 7) is 2.20. The van der Waals surface area contributed by atoms with Crippen molar-refractivity contribution in [3.8, 4) is 0 Å². The minimum atomic E-state index is 0.451. The highest BCUT2D eigenvalue weighted by Gasteiger charge is 2.06. The molecular weight excluding hydrogens is 222 g/mol. The van der Waals surface area contributed by atoms with Gasteiger partial charge in [-0.05, 0) is 24.6 Å². The molecule has 2 aromatic rings. The van der Waals surface area contributed by atoms with Crippen molar-refractivity contribution in [3.63, 3.8) is 0 Å². The van der Waals surface area contributed by atoms with Gasteiger partial charge in [-0.3, -0.25) is 0 Å². The second-order valence-corrected chi connectivity index (χ2v) is 4.62. The number of imidazole rings is 1. The van der Waals surface area contributed by atoms with Crippen LogP contribution in [-0.2, 0) is 13.5 Å². The Morgan fingerprint density at radius 1 is 1.28 bits per heavy atom. The molecule has 0 fully saturated rings. The average Bonchev–Trinajstić information content (AvgIpc) is 2.79. The van der Waals surface area contributed by atoms with Gasteiger partial charge in [-0.15, -0.1) is 0 Å². The zero-order valence-corrected chi connectivity index (χ0v) is 11.4. The molecule has 3 heteroatoms. The lowest BCUT2D eigenvalue weighted by molar-refractivity contribution is 0.577. The van der Waals surface area contributed by atoms with Gasteiger partial charge in [0.15, 0.2) is 0 Å². The third kappa shape index (κ3) is 2.79. The fourth-order valence-corrected chi connectivity index (χ4v) is 2.22. The summed E-state index contributed by atoms with van der Waals surface area (Å²) in [6.07, 6.45) is 5.82. The molecule has 0 saturated carbocycles. The molecule has 0 aliphatic heterocycles. The van der Waals surface area contributed by atoms with Crippen LogP contribution in [-0.4, -0.2) is 16.6 Å². The van der Waals surface area contributed by atoms with Crippen molar-refractivity contribution in [2.24, 2.45) is 7.05 Å². The van der Waals surface area contributed by atoms with Gasteiger partial charge >= 0.3 is 0 Å². The Hall–Kier alpha value is -1.61. The first kappa shape index (κ1) is 12.8. The summed E-state index contributed by atoms with van der Waals surface area (Å²) in [5.74, 6) is 1.10. The number of nitrogens with one attached hydrogen (secondary N) is 1. The van der Waals surface area contributed by atoms with Gasteiger partial charge in [-0.1, -0.05) is 31.2 Å². The van der Waals surface area contributed by atoms with Crippen LogP contribution in [0.5, 0.6) is 0 Å². The zero-order chi connectivity index (χ0) is 13.0. The van der Waals surface area contributed by atoms with Crippen molar-refractivity contribution < 1.29 is 0 Å². The third-order valence-corrected chi connectivity index (χ3v) is 3.42. The van der Waals surface area contributed by atoms with Crippen LogP contribution in [0.4, 0.5) is 0 Å². The van der Waals surface area contributed by atoms with Crippen LogP contribution in [0.1, 0.15) is 36.3 Å². The Morgan fingerprint density at radius 3 is 2.50 bits per heavy atom. The second-order valence-electron chi connectivity index (χ2n) is 4.62. The van der Waals surface area contributed by atoms with Crippen LogP contribution < -0.4 is 5.32 Å². The predicted molar refractivity (Wildman–Crippen MR) is 74.5 cm³/mol. The molecule has 18 heavy (non-hydrogen) atoms. The highest BCUT2D eigenvalue weighted by atomic mass is 15.0. The summed E-state index contributed by atoms with van der Waals surface area (Å²) in [5, 5.41) is 3.33. The van der Waals surface area contributed by atoms with Gasteiger partial charge in [0, 0.05) is 31.9 Å². The molecule has 1 unspecified atom stereocenters. The van der Waals surface area contributed by atoms with Crippen LogP contribution in [0.25, 0.3) is 0 Å². The van der Waals surface area contributed by atoms with Gasteiger partial charge in [0.2, 0.25) is 0 Å². The maximum atomic E-state index is 4.35. The molecule has 96 valence electrons. The number of hydrogen-bond donors (Lipinski definition) is 1. The van der Waals surface area contributed by atoms with E-state index in [1.54, 1.807) is 0 Å². The van der Waals surface area contributed by atoms with Crippen LogP contribution in [0, 0.1) is 0 Å². The second kappa shape index (κ2) is 5.83. The SMILES string of the molecule is CCC(NC)c1ccc(Cc2nccn2C)cc1. The number of hydrogen-bond acceptors (Lipinski definition) is 2. The molecule has 0 spiro atoms. The van der Waals surface area contributed by atoms with Crippen LogP contribution in [0.15, 0.2) is 36.7 Å². The molecule has 0 saturated heterocycles. The standard InChI is InChI=1S/C15H21N3/c1-4-14(16-2)13-7-5-12(6-8-13)11-15-17-9-10-18(15)3/h5-10,14,16H,4,11H2,1-3H3. The quantitative estimate of drug-likeness (QED) is 0.875. The van der Waals surface area contributed by atoms with E-state index in [1.165, 1.54) is 11.1 Å². The van der Waals surface area contributed by atoms with Crippen molar-refractivity contribution in [1.29, 1.82) is 0 Å². The number of aromatic nitrogens is 2. The van der Waals surface area contributed by atoms with E-state index in [1.807, 2.05) is 26.5 Å². The van der Waals surface area contributed by atoms with Gasteiger partial charge in [0.05, 0.1) is 0 Å². The maximum Gasteiger partial charge on any atom is 0.112 e. The number of nitrogens with zero attached hydrogens (tertiary/aromatic N) is 2. The van der Waals surface area contributed by atoms with Gasteiger partial charge in [-0.25, -0.2) is 4.98 Å². The molecule has 3 nitrogen and oxygen atoms in total. The van der Waals surface area contributed by atoms with Gasteiger partial charge in [-0.2, -0.15) is 0 Å². The van der Waals surface area contributed by atoms with E-state index in [-0.39, 0.29) is 0 Å². The number of benzene rings is 1. The largest absolute Gasteiger partial charge is 0.338 e. The van der Waals surface area contributed by atoms with Crippen LogP contribution in [0.3, 0.4) is 0 Å². The topological polar surface area (TPSA) is 29.9 Å². The Balaban J connectivity index is 2.10. The van der Waals surface area contributed by atoms with Crippen molar-refractivity contribution in [1.82, 2.24) is 14.9 Å². The zero-order valence-electron chi connectivity index (χ0n) is 11.4. The van der Waals surface area contributed by atoms with Crippen molar-refractivity contribution in [3.05, 3.63) is 53.6 Å². The molecule has 1 aromatic carbocycles. The molecule has 0 bridgehead atoms. The summed E-state index contributed by atoms with van der Waals surface area (Å²) in [6, 6.07) is 9.27. The summed E-state index contributed by atoms with van der Waals surface area (Å²) in [5.41, 5.74) is 2.66. The first-order valence-corrected chi connectivity index (χ1v) is 6.47. The third-order valence-electron chi connectivity index (χ3n) is 3.42. The first-order valence-electron chi connectivity index (χ1n) is 6.47. The monoisotopic (exact) mass is 243 g/mol. The predicted octanol–water partition coefficient (Wildman–Crippen LogP) is 2.68. The number of aryl methyl sites for hydroxylation is 1. The Bertz CT molecular complexity index is 481. The van der Waals surface area contributed by atoms with E-state index in [0.29, 0.717) is 6.04 Å². The molecule has 1 aromatic heterocycles. The molecule has 0 aliphatic carbocycles. The van der Waals surface area contributed by atoms with E-state index in [4.69, 9.17) is 0 Å². The van der Waals surface area contributed by atoms with Crippen LogP contribution in [0.2, 0.25) is 0 Å². The normalized spacial score (nSPS) is 12.6. The van der Waals surface area contributed by atoms with E-state index in [0.717, 1.165) is 18.7 Å². The highest BCUT2D eigenvalue weighted by molar-refractivity contribution is 5.27. The molecular formula is C15H21N3. The van der Waals surface area contributed by atoms with Crippen molar-refractivity contribution in [2.75, 3.05) is 7.05 Å². The van der Waals surface area contributed by atoms with Gasteiger partial charge in [0.1, 0.15) is 5.82 Å². The fraction of sp³-hybridized carbons (Fsp3) is 0.400. The molecule has 1 atom stereocenters. The summed E-state index contributed by atoms with van der Waals surface area (Å²) in [7, 11) is 4.04. The lowest BCUT2D eigenvalue weighted by atomic mass is 10.0. The maximum absolute atomic E-state index is 4.35. The minimum Gasteiger partial charge on any atom is -0.338 e. The number of rotatable bonds is 5. The Morgan fingerprint density at radius 2 is 2.00 bits per heavy atom. The Kier molecular flexibility index (Phi) is 4.15. The highest BCUT2D eigenvalue weighted by Crippen LogP contribution is 2.17. The molecule has 0 amide bonds.